The molecule has 0 aliphatic carbocycles. The average Bonchev–Trinajstić information content (AvgIpc) is 2.40. The molecule has 0 unspecified atom stereocenters. The Labute approximate surface area is 122 Å². The molecule has 0 spiro atoms. The van der Waals surface area contributed by atoms with E-state index >= 15 is 0 Å². The molecule has 1 aromatic carbocycles. The summed E-state index contributed by atoms with van der Waals surface area (Å²) in [5.41, 5.74) is 0.560. The highest BCUT2D eigenvalue weighted by Gasteiger charge is 2.15. The first-order valence-corrected chi connectivity index (χ1v) is 6.69. The normalized spacial score (nSPS) is 11.0. The lowest BCUT2D eigenvalue weighted by Crippen LogP contribution is -2.38. The summed E-state index contributed by atoms with van der Waals surface area (Å²) in [5.74, 6) is 0.281. The van der Waals surface area contributed by atoms with Crippen LogP contribution in [0.2, 0.25) is 0 Å². The first kappa shape index (κ1) is 17.3. The van der Waals surface area contributed by atoms with Gasteiger partial charge in [-0.25, -0.2) is 8.78 Å². The van der Waals surface area contributed by atoms with Crippen molar-refractivity contribution in [3.8, 4) is 5.75 Å². The number of nitrogens with one attached hydrogen (secondary N) is 1. The molecule has 2 N–H and O–H groups in total. The molecular formula is C14H20F2N2O3. The largest absolute Gasteiger partial charge is 0.494 e. The Kier molecular flexibility index (Phi) is 7.63. The summed E-state index contributed by atoms with van der Waals surface area (Å²) < 4.78 is 29.9. The summed E-state index contributed by atoms with van der Waals surface area (Å²) in [6.07, 6.45) is -2.55. The highest BCUT2D eigenvalue weighted by molar-refractivity contribution is 5.92. The van der Waals surface area contributed by atoms with E-state index in [1.54, 1.807) is 24.3 Å². The quantitative estimate of drug-likeness (QED) is 0.727. The van der Waals surface area contributed by atoms with E-state index in [9.17, 15) is 13.6 Å². The molecule has 7 heteroatoms. The highest BCUT2D eigenvalue weighted by Crippen LogP contribution is 2.15. The maximum Gasteiger partial charge on any atom is 0.251 e. The number of carbonyl (C=O) groups is 1. The summed E-state index contributed by atoms with van der Waals surface area (Å²) in [7, 11) is 0. The Bertz CT molecular complexity index is 427. The third-order valence-electron chi connectivity index (χ3n) is 2.63. The third kappa shape index (κ3) is 7.01. The molecule has 118 valence electrons. The summed E-state index contributed by atoms with van der Waals surface area (Å²) in [5, 5.41) is 11.4. The first-order chi connectivity index (χ1) is 10.0. The van der Waals surface area contributed by atoms with E-state index in [4.69, 9.17) is 9.84 Å². The van der Waals surface area contributed by atoms with E-state index in [-0.39, 0.29) is 19.7 Å². The van der Waals surface area contributed by atoms with Crippen LogP contribution in [0.1, 0.15) is 6.92 Å². The van der Waals surface area contributed by atoms with Gasteiger partial charge in [0.05, 0.1) is 26.3 Å². The van der Waals surface area contributed by atoms with Crippen molar-refractivity contribution in [1.82, 2.24) is 4.90 Å². The van der Waals surface area contributed by atoms with Crippen molar-refractivity contribution in [2.75, 3.05) is 38.2 Å². The molecule has 0 radical (unpaired) electrons. The van der Waals surface area contributed by atoms with Crippen LogP contribution in [0.15, 0.2) is 24.3 Å². The molecule has 5 nitrogen and oxygen atoms in total. The Morgan fingerprint density at radius 1 is 1.38 bits per heavy atom. The summed E-state index contributed by atoms with van der Waals surface area (Å²) in [6.45, 7) is 1.43. The van der Waals surface area contributed by atoms with Crippen LogP contribution in [0.5, 0.6) is 5.75 Å². The van der Waals surface area contributed by atoms with E-state index in [2.05, 4.69) is 5.32 Å². The number of halogens is 2. The second-order valence-corrected chi connectivity index (χ2v) is 4.36. The van der Waals surface area contributed by atoms with Gasteiger partial charge in [0, 0.05) is 12.2 Å². The van der Waals surface area contributed by atoms with Gasteiger partial charge in [-0.3, -0.25) is 9.69 Å². The Morgan fingerprint density at radius 2 is 2.05 bits per heavy atom. The zero-order chi connectivity index (χ0) is 15.7. The Morgan fingerprint density at radius 3 is 2.57 bits per heavy atom. The van der Waals surface area contributed by atoms with Crippen molar-refractivity contribution in [2.24, 2.45) is 0 Å². The third-order valence-corrected chi connectivity index (χ3v) is 2.63. The Hall–Kier alpha value is -1.73. The fraction of sp³-hybridized carbons (Fsp3) is 0.500. The molecule has 0 saturated heterocycles. The number of carbonyl (C=O) groups excluding carboxylic acids is 1. The topological polar surface area (TPSA) is 61.8 Å². The molecule has 0 heterocycles. The maximum atomic E-state index is 12.3. The number of hydrogen-bond acceptors (Lipinski definition) is 4. The zero-order valence-electron chi connectivity index (χ0n) is 11.9. The van der Waals surface area contributed by atoms with Gasteiger partial charge in [-0.2, -0.15) is 0 Å². The van der Waals surface area contributed by atoms with Crippen LogP contribution in [0.25, 0.3) is 0 Å². The number of aliphatic hydroxyl groups is 1. The van der Waals surface area contributed by atoms with Crippen LogP contribution in [-0.2, 0) is 4.79 Å². The number of alkyl halides is 2. The molecule has 21 heavy (non-hydrogen) atoms. The van der Waals surface area contributed by atoms with Crippen molar-refractivity contribution in [1.29, 1.82) is 0 Å². The van der Waals surface area contributed by atoms with E-state index in [0.717, 1.165) is 0 Å². The van der Waals surface area contributed by atoms with Crippen molar-refractivity contribution in [3.63, 3.8) is 0 Å². The van der Waals surface area contributed by atoms with Crippen molar-refractivity contribution >= 4 is 11.6 Å². The van der Waals surface area contributed by atoms with Crippen LogP contribution in [-0.4, -0.2) is 55.2 Å². The molecule has 1 rings (SSSR count). The van der Waals surface area contributed by atoms with E-state index in [1.807, 2.05) is 6.92 Å². The van der Waals surface area contributed by atoms with Gasteiger partial charge < -0.3 is 15.2 Å². The number of ether oxygens (including phenoxy) is 1. The van der Waals surface area contributed by atoms with Gasteiger partial charge in [-0.05, 0) is 31.2 Å². The zero-order valence-corrected chi connectivity index (χ0v) is 11.9. The van der Waals surface area contributed by atoms with Crippen LogP contribution >= 0.6 is 0 Å². The van der Waals surface area contributed by atoms with Gasteiger partial charge in [-0.15, -0.1) is 0 Å². The van der Waals surface area contributed by atoms with E-state index < -0.39 is 18.9 Å². The predicted octanol–water partition coefficient (Wildman–Crippen LogP) is 1.58. The number of anilines is 1. The second kappa shape index (κ2) is 9.25. The molecule has 0 fully saturated rings. The molecular weight excluding hydrogens is 282 g/mol. The van der Waals surface area contributed by atoms with Crippen LogP contribution in [0.4, 0.5) is 14.5 Å². The standard InChI is InChI=1S/C14H20F2N2O3/c1-2-21-12-5-3-11(4-6-12)17-14(20)10-18(7-8-19)9-13(15)16/h3-6,13,19H,2,7-10H2,1H3,(H,17,20). The number of rotatable bonds is 9. The van der Waals surface area contributed by atoms with E-state index in [1.165, 1.54) is 4.90 Å². The van der Waals surface area contributed by atoms with Crippen molar-refractivity contribution in [3.05, 3.63) is 24.3 Å². The minimum absolute atomic E-state index is 0.0288. The minimum Gasteiger partial charge on any atom is -0.494 e. The number of amides is 1. The molecule has 1 aromatic rings. The molecule has 0 aliphatic heterocycles. The van der Waals surface area contributed by atoms with Crippen LogP contribution < -0.4 is 10.1 Å². The number of nitrogens with zero attached hydrogens (tertiary/aromatic N) is 1. The monoisotopic (exact) mass is 302 g/mol. The van der Waals surface area contributed by atoms with Crippen molar-refractivity contribution < 1.29 is 23.4 Å². The van der Waals surface area contributed by atoms with Crippen molar-refractivity contribution in [2.45, 2.75) is 13.3 Å². The van der Waals surface area contributed by atoms with Crippen LogP contribution in [0, 0.1) is 0 Å². The fourth-order valence-electron chi connectivity index (χ4n) is 1.78. The average molecular weight is 302 g/mol. The minimum atomic E-state index is -2.55. The SMILES string of the molecule is CCOc1ccc(NC(=O)CN(CCO)CC(F)F)cc1. The van der Waals surface area contributed by atoms with Gasteiger partial charge in [0.15, 0.2) is 0 Å². The molecule has 0 aromatic heterocycles. The predicted molar refractivity (Wildman–Crippen MR) is 75.8 cm³/mol. The lowest BCUT2D eigenvalue weighted by atomic mass is 10.3. The highest BCUT2D eigenvalue weighted by atomic mass is 19.3. The van der Waals surface area contributed by atoms with Gasteiger partial charge in [0.25, 0.3) is 6.43 Å². The smallest absolute Gasteiger partial charge is 0.251 e. The summed E-state index contributed by atoms with van der Waals surface area (Å²) in [4.78, 5) is 13.0. The van der Waals surface area contributed by atoms with Gasteiger partial charge in [-0.1, -0.05) is 0 Å². The van der Waals surface area contributed by atoms with Crippen LogP contribution in [0.3, 0.4) is 0 Å². The lowest BCUT2D eigenvalue weighted by molar-refractivity contribution is -0.117. The van der Waals surface area contributed by atoms with E-state index in [0.29, 0.717) is 18.0 Å². The molecule has 1 amide bonds. The van der Waals surface area contributed by atoms with Gasteiger partial charge >= 0.3 is 0 Å². The fourth-order valence-corrected chi connectivity index (χ4v) is 1.78. The molecule has 0 aliphatic rings. The van der Waals surface area contributed by atoms with Gasteiger partial charge in [0.1, 0.15) is 5.75 Å². The van der Waals surface area contributed by atoms with Gasteiger partial charge in [0.2, 0.25) is 5.91 Å². The number of aliphatic hydroxyl groups excluding tert-OH is 1. The molecule has 0 bridgehead atoms. The lowest BCUT2D eigenvalue weighted by Gasteiger charge is -2.20. The summed E-state index contributed by atoms with van der Waals surface area (Å²) in [6, 6.07) is 6.77. The first-order valence-electron chi connectivity index (χ1n) is 6.69. The number of benzene rings is 1. The second-order valence-electron chi connectivity index (χ2n) is 4.36. The summed E-state index contributed by atoms with van der Waals surface area (Å²) >= 11 is 0. The Balaban J connectivity index is 2.50. The molecule has 0 atom stereocenters. The molecule has 0 saturated carbocycles. The maximum absolute atomic E-state index is 12.3. The number of hydrogen-bond donors (Lipinski definition) is 2.